The van der Waals surface area contributed by atoms with Crippen molar-refractivity contribution in [2.24, 2.45) is 10.2 Å². The highest BCUT2D eigenvalue weighted by molar-refractivity contribution is 5.76. The summed E-state index contributed by atoms with van der Waals surface area (Å²) >= 11 is 0. The highest BCUT2D eigenvalue weighted by Crippen LogP contribution is 2.37. The molecule has 1 fully saturated rings. The molecule has 1 unspecified atom stereocenters. The predicted molar refractivity (Wildman–Crippen MR) is 92.9 cm³/mol. The lowest BCUT2D eigenvalue weighted by Crippen LogP contribution is -2.47. The third-order valence-electron chi connectivity index (χ3n) is 4.76. The number of terminal acetylenes is 1. The standard InChI is InChI=1S/C18H25N5O2/c1-4-5-7-18(20-21-18)8-6-17(24)22-9-10-25-16(12-22)13-23-15(3)11-14(2)19-23/h1,11,16H,5-10,12-13H2,2-3H3. The molecule has 1 aromatic heterocycles. The highest BCUT2D eigenvalue weighted by atomic mass is 16.5. The third-order valence-corrected chi connectivity index (χ3v) is 4.76. The molecule has 3 heterocycles. The van der Waals surface area contributed by atoms with E-state index in [4.69, 9.17) is 11.2 Å². The number of morpholine rings is 1. The number of aryl methyl sites for hydroxylation is 2. The van der Waals surface area contributed by atoms with E-state index in [1.165, 1.54) is 0 Å². The smallest absolute Gasteiger partial charge is 0.222 e. The third kappa shape index (κ3) is 4.45. The number of nitrogens with zero attached hydrogens (tertiary/aromatic N) is 5. The van der Waals surface area contributed by atoms with Gasteiger partial charge < -0.3 is 9.64 Å². The number of hydrogen-bond acceptors (Lipinski definition) is 5. The van der Waals surface area contributed by atoms with Gasteiger partial charge in [0.25, 0.3) is 0 Å². The van der Waals surface area contributed by atoms with Gasteiger partial charge in [0.05, 0.1) is 24.9 Å². The second kappa shape index (κ2) is 7.36. The summed E-state index contributed by atoms with van der Waals surface area (Å²) in [5.74, 6) is 2.75. The van der Waals surface area contributed by atoms with Gasteiger partial charge in [-0.2, -0.15) is 15.3 Å². The molecule has 25 heavy (non-hydrogen) atoms. The number of rotatable bonds is 7. The lowest BCUT2D eigenvalue weighted by atomic mass is 10.0. The topological polar surface area (TPSA) is 72.1 Å². The maximum atomic E-state index is 12.5. The minimum atomic E-state index is -0.391. The van der Waals surface area contributed by atoms with Crippen LogP contribution in [0, 0.1) is 26.2 Å². The van der Waals surface area contributed by atoms with Crippen LogP contribution < -0.4 is 0 Å². The van der Waals surface area contributed by atoms with Crippen molar-refractivity contribution in [3.05, 3.63) is 17.5 Å². The Morgan fingerprint density at radius 1 is 1.44 bits per heavy atom. The fraction of sp³-hybridized carbons (Fsp3) is 0.667. The van der Waals surface area contributed by atoms with Crippen molar-refractivity contribution in [2.75, 3.05) is 19.7 Å². The first-order valence-corrected chi connectivity index (χ1v) is 8.79. The van der Waals surface area contributed by atoms with E-state index in [0.29, 0.717) is 45.5 Å². The van der Waals surface area contributed by atoms with Crippen LogP contribution in [-0.4, -0.2) is 52.1 Å². The van der Waals surface area contributed by atoms with Crippen LogP contribution in [-0.2, 0) is 16.1 Å². The maximum absolute atomic E-state index is 12.5. The van der Waals surface area contributed by atoms with Gasteiger partial charge >= 0.3 is 0 Å². The number of hydrogen-bond donors (Lipinski definition) is 0. The highest BCUT2D eigenvalue weighted by Gasteiger charge is 2.40. The molecule has 1 amide bonds. The zero-order valence-corrected chi connectivity index (χ0v) is 14.9. The molecular weight excluding hydrogens is 318 g/mol. The molecule has 3 rings (SSSR count). The van der Waals surface area contributed by atoms with Crippen molar-refractivity contribution in [2.45, 2.75) is 57.8 Å². The molecule has 0 saturated carbocycles. The van der Waals surface area contributed by atoms with Crippen LogP contribution in [0.5, 0.6) is 0 Å². The number of aromatic nitrogens is 2. The average Bonchev–Trinajstić information content (AvgIpc) is 3.30. The molecule has 0 radical (unpaired) electrons. The van der Waals surface area contributed by atoms with Crippen molar-refractivity contribution in [3.63, 3.8) is 0 Å². The van der Waals surface area contributed by atoms with Gasteiger partial charge in [0.1, 0.15) is 0 Å². The van der Waals surface area contributed by atoms with E-state index < -0.39 is 5.66 Å². The number of carbonyl (C=O) groups excluding carboxylic acids is 1. The first-order valence-electron chi connectivity index (χ1n) is 8.79. The molecule has 134 valence electrons. The Hall–Kier alpha value is -2.20. The van der Waals surface area contributed by atoms with E-state index in [0.717, 1.165) is 17.8 Å². The fourth-order valence-corrected chi connectivity index (χ4v) is 3.24. The summed E-state index contributed by atoms with van der Waals surface area (Å²) in [7, 11) is 0. The predicted octanol–water partition coefficient (Wildman–Crippen LogP) is 2.08. The van der Waals surface area contributed by atoms with Crippen LogP contribution in [0.1, 0.15) is 37.1 Å². The van der Waals surface area contributed by atoms with Gasteiger partial charge in [-0.25, -0.2) is 0 Å². The van der Waals surface area contributed by atoms with E-state index in [1.807, 2.05) is 29.5 Å². The second-order valence-electron chi connectivity index (χ2n) is 6.83. The van der Waals surface area contributed by atoms with Gasteiger partial charge in [-0.15, -0.1) is 12.3 Å². The summed E-state index contributed by atoms with van der Waals surface area (Å²) in [6, 6.07) is 2.05. The summed E-state index contributed by atoms with van der Waals surface area (Å²) in [5.41, 5.74) is 1.71. The molecule has 2 aliphatic rings. The Morgan fingerprint density at radius 3 is 2.88 bits per heavy atom. The van der Waals surface area contributed by atoms with Crippen LogP contribution in [0.25, 0.3) is 0 Å². The SMILES string of the molecule is C#CCCC1(CCC(=O)N2CCOC(Cn3nc(C)cc3C)C2)N=N1. The van der Waals surface area contributed by atoms with Gasteiger partial charge in [-0.05, 0) is 19.9 Å². The summed E-state index contributed by atoms with van der Waals surface area (Å²) in [5, 5.41) is 12.7. The van der Waals surface area contributed by atoms with Crippen LogP contribution >= 0.6 is 0 Å². The van der Waals surface area contributed by atoms with Gasteiger partial charge in [0.15, 0.2) is 5.66 Å². The molecule has 2 aliphatic heterocycles. The Morgan fingerprint density at radius 2 is 2.24 bits per heavy atom. The van der Waals surface area contributed by atoms with Crippen LogP contribution in [0.4, 0.5) is 0 Å². The fourth-order valence-electron chi connectivity index (χ4n) is 3.24. The van der Waals surface area contributed by atoms with Crippen molar-refractivity contribution in [3.8, 4) is 12.3 Å². The second-order valence-corrected chi connectivity index (χ2v) is 6.83. The van der Waals surface area contributed by atoms with Gasteiger partial charge in [-0.3, -0.25) is 9.48 Å². The van der Waals surface area contributed by atoms with E-state index >= 15 is 0 Å². The number of ether oxygens (including phenoxy) is 1. The number of amides is 1. The molecule has 0 aromatic carbocycles. The summed E-state index contributed by atoms with van der Waals surface area (Å²) in [4.78, 5) is 14.4. The zero-order chi connectivity index (χ0) is 17.9. The van der Waals surface area contributed by atoms with E-state index in [2.05, 4.69) is 21.2 Å². The van der Waals surface area contributed by atoms with E-state index in [9.17, 15) is 4.79 Å². The summed E-state index contributed by atoms with van der Waals surface area (Å²) < 4.78 is 7.77. The summed E-state index contributed by atoms with van der Waals surface area (Å²) in [6.45, 7) is 6.48. The monoisotopic (exact) mass is 343 g/mol. The molecule has 0 aliphatic carbocycles. The van der Waals surface area contributed by atoms with Crippen molar-refractivity contribution < 1.29 is 9.53 Å². The Labute approximate surface area is 148 Å². The minimum Gasteiger partial charge on any atom is -0.373 e. The quantitative estimate of drug-likeness (QED) is 0.712. The lowest BCUT2D eigenvalue weighted by molar-refractivity contribution is -0.139. The van der Waals surface area contributed by atoms with Gasteiger partial charge in [0.2, 0.25) is 5.91 Å². The molecule has 1 aromatic rings. The van der Waals surface area contributed by atoms with Gasteiger partial charge in [0, 0.05) is 44.5 Å². The first-order chi connectivity index (χ1) is 12.0. The molecule has 0 bridgehead atoms. The van der Waals surface area contributed by atoms with Crippen molar-refractivity contribution in [1.29, 1.82) is 0 Å². The zero-order valence-electron chi connectivity index (χ0n) is 14.9. The molecule has 0 N–H and O–H groups in total. The van der Waals surface area contributed by atoms with Crippen LogP contribution in [0.3, 0.4) is 0 Å². The van der Waals surface area contributed by atoms with Gasteiger partial charge in [-0.1, -0.05) is 0 Å². The van der Waals surface area contributed by atoms with E-state index in [-0.39, 0.29) is 12.0 Å². The Kier molecular flexibility index (Phi) is 5.19. The molecule has 1 atom stereocenters. The molecule has 1 saturated heterocycles. The summed E-state index contributed by atoms with van der Waals surface area (Å²) in [6.07, 6.45) is 7.74. The molecule has 7 nitrogen and oxygen atoms in total. The molecule has 0 spiro atoms. The van der Waals surface area contributed by atoms with Crippen LogP contribution in [0.2, 0.25) is 0 Å². The normalized spacial score (nSPS) is 21.2. The van der Waals surface area contributed by atoms with E-state index in [1.54, 1.807) is 0 Å². The first kappa shape index (κ1) is 17.6. The minimum absolute atomic E-state index is 0.0265. The average molecular weight is 343 g/mol. The largest absolute Gasteiger partial charge is 0.373 e. The molecular formula is C18H25N5O2. The number of carbonyl (C=O) groups is 1. The molecule has 7 heteroatoms. The Bertz CT molecular complexity index is 697. The van der Waals surface area contributed by atoms with Crippen molar-refractivity contribution >= 4 is 5.91 Å². The van der Waals surface area contributed by atoms with Crippen LogP contribution in [0.15, 0.2) is 16.3 Å². The Balaban J connectivity index is 1.48. The van der Waals surface area contributed by atoms with Crippen molar-refractivity contribution in [1.82, 2.24) is 14.7 Å². The maximum Gasteiger partial charge on any atom is 0.222 e. The lowest BCUT2D eigenvalue weighted by Gasteiger charge is -2.33.